The average Bonchev–Trinajstić information content (AvgIpc) is 2.48. The number of hydrogen-bond acceptors (Lipinski definition) is 3. The van der Waals surface area contributed by atoms with E-state index in [9.17, 15) is 0 Å². The van der Waals surface area contributed by atoms with Crippen molar-refractivity contribution in [3.05, 3.63) is 29.4 Å². The maximum atomic E-state index is 4.33. The third kappa shape index (κ3) is 2.51. The van der Waals surface area contributed by atoms with E-state index in [0.717, 1.165) is 32.0 Å². The fourth-order valence-electron chi connectivity index (χ4n) is 1.91. The third-order valence-electron chi connectivity index (χ3n) is 3.12. The van der Waals surface area contributed by atoms with Crippen LogP contribution in [0.4, 0.5) is 0 Å². The molecule has 88 valence electrons. The van der Waals surface area contributed by atoms with Gasteiger partial charge in [0.25, 0.3) is 0 Å². The minimum absolute atomic E-state index is 0.904. The number of nitrogens with one attached hydrogen (secondary N) is 1. The molecule has 1 aromatic rings. The van der Waals surface area contributed by atoms with Crippen molar-refractivity contribution >= 4 is 0 Å². The molecule has 2 rings (SSSR count). The minimum Gasteiger partial charge on any atom is -0.337 e. The fraction of sp³-hybridized carbons (Fsp3) is 0.583. The van der Waals surface area contributed by atoms with Gasteiger partial charge in [-0.25, -0.2) is 4.98 Å². The van der Waals surface area contributed by atoms with Crippen LogP contribution in [0.25, 0.3) is 0 Å². The van der Waals surface area contributed by atoms with Crippen molar-refractivity contribution in [2.45, 2.75) is 13.5 Å². The van der Waals surface area contributed by atoms with E-state index in [1.54, 1.807) is 5.57 Å². The van der Waals surface area contributed by atoms with Gasteiger partial charge in [-0.15, -0.1) is 0 Å². The van der Waals surface area contributed by atoms with Gasteiger partial charge >= 0.3 is 0 Å². The Morgan fingerprint density at radius 2 is 2.31 bits per heavy atom. The number of hydrogen-bond donors (Lipinski definition) is 1. The second-order valence-corrected chi connectivity index (χ2v) is 4.61. The van der Waals surface area contributed by atoms with Crippen LogP contribution in [-0.2, 0) is 13.6 Å². The van der Waals surface area contributed by atoms with Gasteiger partial charge in [-0.3, -0.25) is 4.90 Å². The van der Waals surface area contributed by atoms with E-state index >= 15 is 0 Å². The van der Waals surface area contributed by atoms with Gasteiger partial charge < -0.3 is 9.88 Å². The Bertz CT molecular complexity index is 385. The van der Waals surface area contributed by atoms with Gasteiger partial charge in [-0.05, 0) is 19.5 Å². The lowest BCUT2D eigenvalue weighted by atomic mass is 10.0. The molecule has 0 aromatic carbocycles. The molecule has 0 aliphatic carbocycles. The van der Waals surface area contributed by atoms with Gasteiger partial charge in [-0.1, -0.05) is 5.57 Å². The number of rotatable bonds is 4. The smallest absolute Gasteiger partial charge is 0.122 e. The highest BCUT2D eigenvalue weighted by molar-refractivity contribution is 5.22. The highest BCUT2D eigenvalue weighted by Crippen LogP contribution is 2.10. The first-order valence-corrected chi connectivity index (χ1v) is 5.70. The number of imidazole rings is 1. The molecule has 4 heteroatoms. The second kappa shape index (κ2) is 4.80. The number of aromatic nitrogens is 2. The first kappa shape index (κ1) is 11.4. The van der Waals surface area contributed by atoms with Crippen molar-refractivity contribution in [3.63, 3.8) is 0 Å². The molecule has 16 heavy (non-hydrogen) atoms. The van der Waals surface area contributed by atoms with Crippen molar-refractivity contribution < 1.29 is 0 Å². The number of nitrogens with zero attached hydrogens (tertiary/aromatic N) is 3. The van der Waals surface area contributed by atoms with Crippen LogP contribution < -0.4 is 5.32 Å². The van der Waals surface area contributed by atoms with Crippen LogP contribution in [0.2, 0.25) is 0 Å². The summed E-state index contributed by atoms with van der Waals surface area (Å²) in [7, 11) is 4.18. The molecule has 1 aromatic heterocycles. The van der Waals surface area contributed by atoms with Gasteiger partial charge in [0, 0.05) is 39.1 Å². The van der Waals surface area contributed by atoms with E-state index < -0.39 is 0 Å². The standard InChI is InChI=1S/C12H20N4/c1-10(11-6-13-7-11)8-15(2)9-12-14-4-5-16(12)3/h4-5,13H,6-9H2,1-3H3. The van der Waals surface area contributed by atoms with E-state index in [4.69, 9.17) is 0 Å². The number of likely N-dealkylation sites (N-methyl/N-ethyl adjacent to an activating group) is 1. The van der Waals surface area contributed by atoms with E-state index in [1.165, 1.54) is 5.57 Å². The van der Waals surface area contributed by atoms with Crippen molar-refractivity contribution in [1.82, 2.24) is 19.8 Å². The average molecular weight is 220 g/mol. The molecule has 1 aliphatic heterocycles. The Morgan fingerprint density at radius 1 is 1.56 bits per heavy atom. The predicted molar refractivity (Wildman–Crippen MR) is 65.1 cm³/mol. The van der Waals surface area contributed by atoms with Gasteiger partial charge in [0.2, 0.25) is 0 Å². The van der Waals surface area contributed by atoms with E-state index in [1.807, 2.05) is 19.4 Å². The van der Waals surface area contributed by atoms with Crippen LogP contribution in [0.15, 0.2) is 23.5 Å². The zero-order valence-electron chi connectivity index (χ0n) is 10.3. The Hall–Kier alpha value is -1.13. The molecule has 0 bridgehead atoms. The summed E-state index contributed by atoms with van der Waals surface area (Å²) in [6, 6.07) is 0. The molecule has 0 saturated carbocycles. The molecule has 0 spiro atoms. The third-order valence-corrected chi connectivity index (χ3v) is 3.12. The maximum Gasteiger partial charge on any atom is 0.122 e. The molecular weight excluding hydrogens is 200 g/mol. The van der Waals surface area contributed by atoms with Crippen molar-refractivity contribution in [1.29, 1.82) is 0 Å². The molecule has 0 amide bonds. The molecule has 0 atom stereocenters. The van der Waals surface area contributed by atoms with Gasteiger partial charge in [0.15, 0.2) is 0 Å². The lowest BCUT2D eigenvalue weighted by Gasteiger charge is -2.25. The summed E-state index contributed by atoms with van der Waals surface area (Å²) in [6.45, 7) is 6.31. The molecule has 0 unspecified atom stereocenters. The highest BCUT2D eigenvalue weighted by atomic mass is 15.1. The SMILES string of the molecule is CC(CN(C)Cc1nccn1C)=C1CNC1. The molecule has 0 radical (unpaired) electrons. The van der Waals surface area contributed by atoms with Crippen LogP contribution in [0.1, 0.15) is 12.7 Å². The van der Waals surface area contributed by atoms with Crippen molar-refractivity contribution in [2.24, 2.45) is 7.05 Å². The van der Waals surface area contributed by atoms with E-state index in [-0.39, 0.29) is 0 Å². The molecular formula is C12H20N4. The minimum atomic E-state index is 0.904. The van der Waals surface area contributed by atoms with Crippen LogP contribution in [-0.4, -0.2) is 41.1 Å². The molecule has 1 fully saturated rings. The molecule has 1 saturated heterocycles. The first-order chi connectivity index (χ1) is 7.66. The summed E-state index contributed by atoms with van der Waals surface area (Å²) in [4.78, 5) is 6.64. The second-order valence-electron chi connectivity index (χ2n) is 4.61. The lowest BCUT2D eigenvalue weighted by Crippen LogP contribution is -2.36. The Labute approximate surface area is 97.0 Å². The molecule has 2 heterocycles. The van der Waals surface area contributed by atoms with Crippen LogP contribution in [0, 0.1) is 0 Å². The topological polar surface area (TPSA) is 33.1 Å². The summed E-state index contributed by atoms with van der Waals surface area (Å²) < 4.78 is 2.07. The quantitative estimate of drug-likeness (QED) is 0.761. The van der Waals surface area contributed by atoms with Crippen LogP contribution in [0.5, 0.6) is 0 Å². The summed E-state index contributed by atoms with van der Waals surface area (Å²) in [6.07, 6.45) is 3.84. The monoisotopic (exact) mass is 220 g/mol. The number of aryl methyl sites for hydroxylation is 1. The first-order valence-electron chi connectivity index (χ1n) is 5.70. The fourth-order valence-corrected chi connectivity index (χ4v) is 1.91. The van der Waals surface area contributed by atoms with Crippen LogP contribution in [0.3, 0.4) is 0 Å². The highest BCUT2D eigenvalue weighted by Gasteiger charge is 2.12. The maximum absolute atomic E-state index is 4.33. The predicted octanol–water partition coefficient (Wildman–Crippen LogP) is 0.772. The normalized spacial score (nSPS) is 15.4. The summed E-state index contributed by atoms with van der Waals surface area (Å²) in [5.41, 5.74) is 3.06. The zero-order valence-corrected chi connectivity index (χ0v) is 10.3. The van der Waals surface area contributed by atoms with Gasteiger partial charge in [0.1, 0.15) is 5.82 Å². The molecule has 4 nitrogen and oxygen atoms in total. The molecule has 1 N–H and O–H groups in total. The summed E-state index contributed by atoms with van der Waals surface area (Å²) >= 11 is 0. The van der Waals surface area contributed by atoms with E-state index in [0.29, 0.717) is 0 Å². The van der Waals surface area contributed by atoms with Gasteiger partial charge in [0.05, 0.1) is 6.54 Å². The largest absolute Gasteiger partial charge is 0.337 e. The van der Waals surface area contributed by atoms with Gasteiger partial charge in [-0.2, -0.15) is 0 Å². The van der Waals surface area contributed by atoms with Crippen molar-refractivity contribution in [2.75, 3.05) is 26.7 Å². The van der Waals surface area contributed by atoms with E-state index in [2.05, 4.69) is 33.7 Å². The summed E-state index contributed by atoms with van der Waals surface area (Å²) in [5.74, 6) is 1.12. The molecule has 1 aliphatic rings. The summed E-state index contributed by atoms with van der Waals surface area (Å²) in [5, 5.41) is 3.28. The Kier molecular flexibility index (Phi) is 3.41. The Balaban J connectivity index is 1.89. The van der Waals surface area contributed by atoms with Crippen molar-refractivity contribution in [3.8, 4) is 0 Å². The Morgan fingerprint density at radius 3 is 2.81 bits per heavy atom. The zero-order chi connectivity index (χ0) is 11.5. The lowest BCUT2D eigenvalue weighted by molar-refractivity contribution is 0.338. The van der Waals surface area contributed by atoms with Crippen LogP contribution >= 0.6 is 0 Å².